The number of aryl methyl sites for hydroxylation is 1. The van der Waals surface area contributed by atoms with Crippen LogP contribution in [0.25, 0.3) is 22.3 Å². The van der Waals surface area contributed by atoms with E-state index in [1.807, 2.05) is 61.5 Å². The quantitative estimate of drug-likeness (QED) is 0.177. The van der Waals surface area contributed by atoms with E-state index in [0.717, 1.165) is 36.0 Å². The summed E-state index contributed by atoms with van der Waals surface area (Å²) in [5.74, 6) is 1.47. The minimum atomic E-state index is -3.08. The van der Waals surface area contributed by atoms with E-state index in [4.69, 9.17) is 4.74 Å². The van der Waals surface area contributed by atoms with Crippen LogP contribution >= 0.6 is 33.9 Å². The van der Waals surface area contributed by atoms with E-state index in [2.05, 4.69) is 53.2 Å². The van der Waals surface area contributed by atoms with Crippen LogP contribution in [0.4, 0.5) is 16.5 Å². The third-order valence-corrected chi connectivity index (χ3v) is 8.41. The van der Waals surface area contributed by atoms with Gasteiger partial charge in [0.05, 0.1) is 31.7 Å². The lowest BCUT2D eigenvalue weighted by molar-refractivity contribution is 0.304. The summed E-state index contributed by atoms with van der Waals surface area (Å²) in [7, 11) is -3.08. The number of rotatable bonds is 10. The Bertz CT molecular complexity index is 1730. The van der Waals surface area contributed by atoms with Crippen LogP contribution in [0.3, 0.4) is 0 Å². The first kappa shape index (κ1) is 27.2. The Morgan fingerprint density at radius 2 is 1.87 bits per heavy atom. The lowest BCUT2D eigenvalue weighted by Gasteiger charge is -2.12. The Morgan fingerprint density at radius 3 is 2.64 bits per heavy atom. The molecule has 0 amide bonds. The molecule has 0 radical (unpaired) electrons. The van der Waals surface area contributed by atoms with Crippen LogP contribution in [0.1, 0.15) is 10.6 Å². The fourth-order valence-electron chi connectivity index (χ4n) is 3.83. The number of aromatic nitrogens is 4. The van der Waals surface area contributed by atoms with Crippen molar-refractivity contribution in [3.8, 4) is 17.1 Å². The second kappa shape index (κ2) is 11.8. The Morgan fingerprint density at radius 1 is 1.05 bits per heavy atom. The molecule has 3 aromatic heterocycles. The van der Waals surface area contributed by atoms with Gasteiger partial charge in [-0.2, -0.15) is 0 Å². The molecule has 9 nitrogen and oxygen atoms in total. The van der Waals surface area contributed by atoms with Crippen LogP contribution < -0.4 is 15.4 Å². The summed E-state index contributed by atoms with van der Waals surface area (Å²) in [6.07, 6.45) is 4.41. The van der Waals surface area contributed by atoms with Crippen LogP contribution in [0.2, 0.25) is 0 Å². The van der Waals surface area contributed by atoms with Crippen molar-refractivity contribution >= 4 is 71.2 Å². The molecule has 0 saturated carbocycles. The molecule has 0 aliphatic heterocycles. The third-order valence-electron chi connectivity index (χ3n) is 5.69. The number of benzene rings is 2. The summed E-state index contributed by atoms with van der Waals surface area (Å²) in [5, 5.41) is 9.01. The van der Waals surface area contributed by atoms with Crippen molar-refractivity contribution in [2.24, 2.45) is 0 Å². The van der Waals surface area contributed by atoms with E-state index >= 15 is 0 Å². The zero-order valence-corrected chi connectivity index (χ0v) is 25.0. The molecule has 12 heteroatoms. The van der Waals surface area contributed by atoms with Gasteiger partial charge in [0.15, 0.2) is 0 Å². The monoisotopic (exact) mass is 672 g/mol. The van der Waals surface area contributed by atoms with Gasteiger partial charge >= 0.3 is 0 Å². The molecule has 0 spiro atoms. The average Bonchev–Trinajstić information content (AvgIpc) is 3.28. The molecule has 5 rings (SSSR count). The molecular weight excluding hydrogens is 647 g/mol. The van der Waals surface area contributed by atoms with Crippen molar-refractivity contribution in [2.75, 3.05) is 29.2 Å². The number of thiazole rings is 1. The van der Waals surface area contributed by atoms with Gasteiger partial charge in [0.1, 0.15) is 45.0 Å². The first-order valence-corrected chi connectivity index (χ1v) is 15.9. The molecule has 0 saturated heterocycles. The summed E-state index contributed by atoms with van der Waals surface area (Å²) < 4.78 is 30.1. The van der Waals surface area contributed by atoms with Crippen molar-refractivity contribution < 1.29 is 13.2 Å². The van der Waals surface area contributed by atoms with Crippen LogP contribution in [0.5, 0.6) is 5.75 Å². The lowest BCUT2D eigenvalue weighted by atomic mass is 10.2. The highest BCUT2D eigenvalue weighted by Crippen LogP contribution is 2.34. The molecule has 0 aliphatic carbocycles. The Balaban J connectivity index is 1.38. The van der Waals surface area contributed by atoms with Gasteiger partial charge in [0.2, 0.25) is 0 Å². The molecular formula is C27H25IN6O3S2. The van der Waals surface area contributed by atoms with Crippen LogP contribution in [-0.4, -0.2) is 46.9 Å². The molecule has 2 aromatic carbocycles. The van der Waals surface area contributed by atoms with Gasteiger partial charge in [-0.25, -0.2) is 23.4 Å². The summed E-state index contributed by atoms with van der Waals surface area (Å²) in [5.41, 5.74) is 3.96. The number of fused-ring (bicyclic) bond motifs is 1. The lowest BCUT2D eigenvalue weighted by Crippen LogP contribution is -2.13. The molecule has 39 heavy (non-hydrogen) atoms. The van der Waals surface area contributed by atoms with E-state index in [-0.39, 0.29) is 5.75 Å². The van der Waals surface area contributed by atoms with Crippen molar-refractivity contribution in [1.82, 2.24) is 19.9 Å². The maximum Gasteiger partial charge on any atom is 0.149 e. The molecule has 5 aromatic rings. The van der Waals surface area contributed by atoms with Gasteiger partial charge in [-0.1, -0.05) is 30.3 Å². The fraction of sp³-hybridized carbons (Fsp3) is 0.185. The summed E-state index contributed by atoms with van der Waals surface area (Å²) in [6.45, 7) is 2.69. The Hall–Kier alpha value is -3.36. The van der Waals surface area contributed by atoms with E-state index in [9.17, 15) is 8.42 Å². The summed E-state index contributed by atoms with van der Waals surface area (Å²) >= 11 is 3.73. The molecule has 0 atom stereocenters. The predicted molar refractivity (Wildman–Crippen MR) is 165 cm³/mol. The van der Waals surface area contributed by atoms with Gasteiger partial charge in [0.25, 0.3) is 0 Å². The summed E-state index contributed by atoms with van der Waals surface area (Å²) in [6, 6.07) is 17.8. The van der Waals surface area contributed by atoms with Crippen molar-refractivity contribution in [2.45, 2.75) is 13.5 Å². The van der Waals surface area contributed by atoms with Crippen molar-refractivity contribution in [3.63, 3.8) is 0 Å². The Labute approximate surface area is 244 Å². The molecule has 2 N–H and O–H groups in total. The standard InChI is InChI=1S/C27H25IN6O3S2/c1-17-33-25(27(38-17)29-10-11-39(2,35)36)22-13-20-23(14-30-22)31-16-32-26(20)34-19-8-9-24(21(28)12-19)37-15-18-6-4-3-5-7-18/h3-9,12-14,16,29H,10-11,15H2,1-2H3,(H,31,32,34). The molecule has 0 unspecified atom stereocenters. The van der Waals surface area contributed by atoms with Crippen LogP contribution in [0.15, 0.2) is 67.1 Å². The zero-order chi connectivity index (χ0) is 27.4. The van der Waals surface area contributed by atoms with Crippen LogP contribution in [-0.2, 0) is 16.4 Å². The smallest absolute Gasteiger partial charge is 0.149 e. The first-order chi connectivity index (χ1) is 18.7. The largest absolute Gasteiger partial charge is 0.488 e. The zero-order valence-electron chi connectivity index (χ0n) is 21.2. The third kappa shape index (κ3) is 6.99. The number of hydrogen-bond acceptors (Lipinski definition) is 10. The minimum Gasteiger partial charge on any atom is -0.488 e. The Kier molecular flexibility index (Phi) is 8.23. The number of ether oxygens (including phenoxy) is 1. The molecule has 0 bridgehead atoms. The number of hydrogen-bond donors (Lipinski definition) is 2. The van der Waals surface area contributed by atoms with E-state index in [1.54, 1.807) is 6.20 Å². The SMILES string of the molecule is Cc1nc(-c2cc3c(Nc4ccc(OCc5ccccc5)c(I)c4)ncnc3cn2)c(NCCS(C)(=O)=O)s1. The maximum absolute atomic E-state index is 11.6. The van der Waals surface area contributed by atoms with E-state index in [1.165, 1.54) is 23.9 Å². The van der Waals surface area contributed by atoms with Gasteiger partial charge in [-0.3, -0.25) is 4.98 Å². The highest BCUT2D eigenvalue weighted by molar-refractivity contribution is 14.1. The normalized spacial score (nSPS) is 11.5. The first-order valence-electron chi connectivity index (χ1n) is 12.0. The number of pyridine rings is 1. The summed E-state index contributed by atoms with van der Waals surface area (Å²) in [4.78, 5) is 18.1. The minimum absolute atomic E-state index is 0.0331. The predicted octanol–water partition coefficient (Wildman–Crippen LogP) is 5.84. The molecule has 3 heterocycles. The molecule has 200 valence electrons. The highest BCUT2D eigenvalue weighted by Gasteiger charge is 2.16. The number of sulfone groups is 1. The topological polar surface area (TPSA) is 119 Å². The number of nitrogens with one attached hydrogen (secondary N) is 2. The van der Waals surface area contributed by atoms with E-state index < -0.39 is 9.84 Å². The molecule has 0 aliphatic rings. The van der Waals surface area contributed by atoms with Crippen LogP contribution in [0, 0.1) is 10.5 Å². The number of halogens is 1. The van der Waals surface area contributed by atoms with Gasteiger partial charge in [-0.05, 0) is 59.3 Å². The second-order valence-corrected chi connectivity index (χ2v) is 13.4. The number of nitrogens with zero attached hydrogens (tertiary/aromatic N) is 4. The van der Waals surface area contributed by atoms with Gasteiger partial charge in [-0.15, -0.1) is 11.3 Å². The number of anilines is 3. The maximum atomic E-state index is 11.6. The van der Waals surface area contributed by atoms with Crippen molar-refractivity contribution in [3.05, 3.63) is 81.3 Å². The second-order valence-electron chi connectivity index (χ2n) is 8.82. The van der Waals surface area contributed by atoms with E-state index in [0.29, 0.717) is 35.9 Å². The van der Waals surface area contributed by atoms with Crippen molar-refractivity contribution in [1.29, 1.82) is 0 Å². The van der Waals surface area contributed by atoms with Gasteiger partial charge in [0, 0.05) is 23.9 Å². The fourth-order valence-corrected chi connectivity index (χ4v) is 5.82. The van der Waals surface area contributed by atoms with Gasteiger partial charge < -0.3 is 15.4 Å². The highest BCUT2D eigenvalue weighted by atomic mass is 127. The average molecular weight is 673 g/mol. The molecule has 0 fully saturated rings.